The minimum absolute atomic E-state index is 0.485. The third kappa shape index (κ3) is 4.11. The first-order valence-electron chi connectivity index (χ1n) is 11.2. The molecule has 0 unspecified atom stereocenters. The summed E-state index contributed by atoms with van der Waals surface area (Å²) in [6, 6.07) is 13.8. The molecule has 0 atom stereocenters. The Kier molecular flexibility index (Phi) is 5.77. The molecular weight excluding hydrogens is 393 g/mol. The lowest BCUT2D eigenvalue weighted by molar-refractivity contribution is 0.164. The lowest BCUT2D eigenvalue weighted by atomic mass is 9.99. The van der Waals surface area contributed by atoms with Crippen LogP contribution >= 0.6 is 0 Å². The number of hydrogen-bond acceptors (Lipinski definition) is 3. The van der Waals surface area contributed by atoms with Crippen LogP contribution in [0.2, 0.25) is 0 Å². The van der Waals surface area contributed by atoms with E-state index >= 15 is 0 Å². The minimum atomic E-state index is -2.59. The Morgan fingerprint density at radius 2 is 1.65 bits per heavy atom. The molecular formula is C24H27BF2N4. The summed E-state index contributed by atoms with van der Waals surface area (Å²) >= 11 is 0. The summed E-state index contributed by atoms with van der Waals surface area (Å²) in [7, 11) is -2.59. The van der Waals surface area contributed by atoms with Gasteiger partial charge >= 0.3 is 7.40 Å². The molecule has 0 aliphatic carbocycles. The van der Waals surface area contributed by atoms with Gasteiger partial charge in [0, 0.05) is 30.4 Å². The number of hydrogen-bond donors (Lipinski definition) is 0. The molecule has 0 bridgehead atoms. The van der Waals surface area contributed by atoms with Crippen molar-refractivity contribution in [1.82, 2.24) is 14.3 Å². The van der Waals surface area contributed by atoms with E-state index in [0.29, 0.717) is 11.7 Å². The van der Waals surface area contributed by atoms with Crippen molar-refractivity contribution in [2.45, 2.75) is 31.7 Å². The zero-order valence-corrected chi connectivity index (χ0v) is 17.6. The average molecular weight is 420 g/mol. The molecule has 0 saturated carbocycles. The Morgan fingerprint density at radius 1 is 0.903 bits per heavy atom. The zero-order valence-electron chi connectivity index (χ0n) is 17.6. The van der Waals surface area contributed by atoms with Gasteiger partial charge in [0.25, 0.3) is 0 Å². The molecule has 2 saturated heterocycles. The van der Waals surface area contributed by atoms with Gasteiger partial charge in [0.05, 0.1) is 5.70 Å². The molecule has 7 heteroatoms. The maximum Gasteiger partial charge on any atom is 0.677 e. The van der Waals surface area contributed by atoms with Crippen LogP contribution in [0.1, 0.15) is 36.9 Å². The molecule has 3 aliphatic heterocycles. The van der Waals surface area contributed by atoms with E-state index in [9.17, 15) is 8.63 Å². The first-order chi connectivity index (χ1) is 15.2. The maximum atomic E-state index is 13.6. The van der Waals surface area contributed by atoms with Crippen molar-refractivity contribution in [2.75, 3.05) is 26.2 Å². The summed E-state index contributed by atoms with van der Waals surface area (Å²) in [5.41, 5.74) is 2.85. The second-order valence-electron chi connectivity index (χ2n) is 8.47. The van der Waals surface area contributed by atoms with Gasteiger partial charge in [0.15, 0.2) is 0 Å². The Balaban J connectivity index is 1.43. The molecule has 1 aromatic carbocycles. The Bertz CT molecular complexity index is 998. The van der Waals surface area contributed by atoms with Crippen LogP contribution in [0, 0.1) is 0 Å². The van der Waals surface area contributed by atoms with E-state index in [1.54, 1.807) is 12.1 Å². The van der Waals surface area contributed by atoms with Crippen molar-refractivity contribution < 1.29 is 8.63 Å². The Labute approximate surface area is 182 Å². The molecule has 0 spiro atoms. The van der Waals surface area contributed by atoms with Gasteiger partial charge in [-0.3, -0.25) is 8.63 Å². The first kappa shape index (κ1) is 20.2. The molecule has 31 heavy (non-hydrogen) atoms. The first-order valence-corrected chi connectivity index (χ1v) is 11.2. The van der Waals surface area contributed by atoms with E-state index in [2.05, 4.69) is 9.80 Å². The number of piperidine rings is 1. The molecule has 3 aliphatic rings. The van der Waals surface area contributed by atoms with Crippen molar-refractivity contribution >= 4 is 18.8 Å². The van der Waals surface area contributed by atoms with Crippen LogP contribution in [0.3, 0.4) is 0 Å². The van der Waals surface area contributed by atoms with E-state index in [4.69, 9.17) is 4.99 Å². The zero-order chi connectivity index (χ0) is 21.2. The number of nitrogens with zero attached hydrogens (tertiary/aromatic N) is 4. The van der Waals surface area contributed by atoms with Crippen LogP contribution in [0.5, 0.6) is 0 Å². The van der Waals surface area contributed by atoms with E-state index in [0.717, 1.165) is 53.1 Å². The highest BCUT2D eigenvalue weighted by Crippen LogP contribution is 2.32. The van der Waals surface area contributed by atoms with Gasteiger partial charge in [-0.25, -0.2) is 4.99 Å². The van der Waals surface area contributed by atoms with Gasteiger partial charge in [-0.05, 0) is 74.8 Å². The summed E-state index contributed by atoms with van der Waals surface area (Å²) in [6.45, 7) is 4.46. The Hall–Kier alpha value is -2.67. The van der Waals surface area contributed by atoms with Crippen LogP contribution in [0.25, 0.3) is 5.57 Å². The molecule has 2 fully saturated rings. The number of amidine groups is 1. The molecule has 0 N–H and O–H groups in total. The topological polar surface area (TPSA) is 23.8 Å². The number of aliphatic imine (C=N–C) groups is 1. The monoisotopic (exact) mass is 420 g/mol. The number of halogens is 2. The largest absolute Gasteiger partial charge is 0.677 e. The molecule has 2 aromatic rings. The van der Waals surface area contributed by atoms with Crippen molar-refractivity contribution in [3.63, 3.8) is 0 Å². The molecule has 5 rings (SSSR count). The SMILES string of the molecule is FB(F)n1cccc1/C(=C1\C=CC(N2CCC(N3CCCC3)CC2)=N1)c1ccccc1. The van der Waals surface area contributed by atoms with E-state index in [-0.39, 0.29) is 0 Å². The third-order valence-corrected chi connectivity index (χ3v) is 6.63. The molecule has 0 radical (unpaired) electrons. The fourth-order valence-electron chi connectivity index (χ4n) is 5.04. The lowest BCUT2D eigenvalue weighted by Gasteiger charge is -2.37. The summed E-state index contributed by atoms with van der Waals surface area (Å²) in [6.07, 6.45) is 10.4. The van der Waals surface area contributed by atoms with Crippen LogP contribution in [0.15, 0.2) is 71.5 Å². The standard InChI is InChI=1S/C24H27BF2N4/c26-25(27)31-16-6-9-22(31)24(19-7-2-1-3-8-19)21-10-11-23(28-21)30-17-12-20(13-18-30)29-14-4-5-15-29/h1-3,6-11,16,20H,4-5,12-15,17-18H2/b24-21+. The van der Waals surface area contributed by atoms with Gasteiger partial charge < -0.3 is 14.3 Å². The number of likely N-dealkylation sites (tertiary alicyclic amines) is 2. The molecule has 4 heterocycles. The second kappa shape index (κ2) is 8.83. The fraction of sp³-hybridized carbons (Fsp3) is 0.375. The highest BCUT2D eigenvalue weighted by molar-refractivity contribution is 6.41. The summed E-state index contributed by atoms with van der Waals surface area (Å²) in [5, 5.41) is 0. The normalized spacial score (nSPS) is 21.6. The summed E-state index contributed by atoms with van der Waals surface area (Å²) in [5.74, 6) is 0.943. The smallest absolute Gasteiger partial charge is 0.356 e. The number of allylic oxidation sites excluding steroid dienone is 1. The second-order valence-corrected chi connectivity index (χ2v) is 8.47. The third-order valence-electron chi connectivity index (χ3n) is 6.63. The highest BCUT2D eigenvalue weighted by Gasteiger charge is 2.29. The summed E-state index contributed by atoms with van der Waals surface area (Å²) in [4.78, 5) is 9.88. The summed E-state index contributed by atoms with van der Waals surface area (Å²) < 4.78 is 28.3. The van der Waals surface area contributed by atoms with E-state index < -0.39 is 7.40 Å². The lowest BCUT2D eigenvalue weighted by Crippen LogP contribution is -2.45. The number of aromatic nitrogens is 1. The van der Waals surface area contributed by atoms with Crippen LogP contribution in [-0.4, -0.2) is 59.7 Å². The highest BCUT2D eigenvalue weighted by atomic mass is 19.2. The van der Waals surface area contributed by atoms with Crippen molar-refractivity contribution in [3.8, 4) is 0 Å². The number of benzene rings is 1. The van der Waals surface area contributed by atoms with Crippen molar-refractivity contribution in [1.29, 1.82) is 0 Å². The van der Waals surface area contributed by atoms with Gasteiger partial charge in [0.1, 0.15) is 5.84 Å². The van der Waals surface area contributed by atoms with Crippen LogP contribution in [0.4, 0.5) is 8.63 Å². The van der Waals surface area contributed by atoms with Gasteiger partial charge in [-0.1, -0.05) is 30.3 Å². The van der Waals surface area contributed by atoms with Crippen LogP contribution < -0.4 is 0 Å². The van der Waals surface area contributed by atoms with E-state index in [1.807, 2.05) is 42.5 Å². The maximum absolute atomic E-state index is 13.6. The Morgan fingerprint density at radius 3 is 2.35 bits per heavy atom. The quantitative estimate of drug-likeness (QED) is 0.678. The van der Waals surface area contributed by atoms with Crippen LogP contribution in [-0.2, 0) is 0 Å². The molecule has 160 valence electrons. The predicted octanol–water partition coefficient (Wildman–Crippen LogP) is 4.55. The minimum Gasteiger partial charge on any atom is -0.356 e. The van der Waals surface area contributed by atoms with Gasteiger partial charge in [-0.15, -0.1) is 0 Å². The van der Waals surface area contributed by atoms with Crippen molar-refractivity contribution in [3.05, 3.63) is 77.8 Å². The van der Waals surface area contributed by atoms with Crippen molar-refractivity contribution in [2.24, 2.45) is 4.99 Å². The number of rotatable bonds is 4. The van der Waals surface area contributed by atoms with Gasteiger partial charge in [0.2, 0.25) is 0 Å². The van der Waals surface area contributed by atoms with Gasteiger partial charge in [-0.2, -0.15) is 0 Å². The fourth-order valence-corrected chi connectivity index (χ4v) is 5.04. The molecule has 1 aromatic heterocycles. The predicted molar refractivity (Wildman–Crippen MR) is 122 cm³/mol. The van der Waals surface area contributed by atoms with E-state index in [1.165, 1.54) is 32.1 Å². The molecule has 0 amide bonds. The average Bonchev–Trinajstić information content (AvgIpc) is 3.57. The molecule has 4 nitrogen and oxygen atoms in total.